The van der Waals surface area contributed by atoms with Gasteiger partial charge in [-0.05, 0) is 56.4 Å². The molecule has 0 spiro atoms. The molecule has 2 saturated heterocycles. The van der Waals surface area contributed by atoms with Crippen LogP contribution in [0.15, 0.2) is 33.4 Å². The van der Waals surface area contributed by atoms with Gasteiger partial charge in [-0.3, -0.25) is 9.69 Å². The lowest BCUT2D eigenvalue weighted by molar-refractivity contribution is -0.144. The molecule has 2 aromatic rings. The number of rotatable bonds is 10. The number of aromatic nitrogens is 2. The summed E-state index contributed by atoms with van der Waals surface area (Å²) in [6.07, 6.45) is 11.7. The molecule has 0 N–H and O–H groups in total. The van der Waals surface area contributed by atoms with E-state index in [-0.39, 0.29) is 18.0 Å². The number of hydrogen-bond donors (Lipinski definition) is 0. The second kappa shape index (κ2) is 12.2. The average Bonchev–Trinajstić information content (AvgIpc) is 3.63. The topological polar surface area (TPSA) is 90.2 Å². The summed E-state index contributed by atoms with van der Waals surface area (Å²) in [5.74, 6) is 2.22. The highest BCUT2D eigenvalue weighted by atomic mass is 79.9. The second-order valence-electron chi connectivity index (χ2n) is 12.7. The van der Waals surface area contributed by atoms with Crippen molar-refractivity contribution < 1.29 is 23.5 Å². The largest absolute Gasteiger partial charge is 0.474 e. The Hall–Kier alpha value is -2.17. The summed E-state index contributed by atoms with van der Waals surface area (Å²) in [6.45, 7) is 8.22. The van der Waals surface area contributed by atoms with Crippen LogP contribution >= 0.6 is 15.9 Å². The Labute approximate surface area is 251 Å². The third kappa shape index (κ3) is 6.30. The molecule has 9 nitrogen and oxygen atoms in total. The normalized spacial score (nSPS) is 26.0. The van der Waals surface area contributed by atoms with E-state index in [4.69, 9.17) is 18.7 Å². The van der Waals surface area contributed by atoms with Crippen LogP contribution in [0.25, 0.3) is 0 Å². The SMILES string of the molecule is COC(=O)C(c1cc(N2CCC(C3(N4CCC(OC5CC(Oc6cc(Br)ccn6)C5)CC4)CC3)CC2)no1)C(C)C. The van der Waals surface area contributed by atoms with Gasteiger partial charge < -0.3 is 23.6 Å². The van der Waals surface area contributed by atoms with Crippen molar-refractivity contribution in [3.05, 3.63) is 34.6 Å². The molecule has 2 aliphatic carbocycles. The molecule has 4 aliphatic rings. The molecule has 41 heavy (non-hydrogen) atoms. The molecule has 1 atom stereocenters. The fourth-order valence-electron chi connectivity index (χ4n) is 7.23. The van der Waals surface area contributed by atoms with Crippen molar-refractivity contribution in [2.24, 2.45) is 11.8 Å². The first kappa shape index (κ1) is 28.9. The maximum absolute atomic E-state index is 12.3. The van der Waals surface area contributed by atoms with Crippen LogP contribution in [0.1, 0.15) is 76.9 Å². The minimum atomic E-state index is -0.422. The molecule has 0 bridgehead atoms. The molecule has 1 unspecified atom stereocenters. The van der Waals surface area contributed by atoms with Crippen LogP contribution in [0.4, 0.5) is 5.82 Å². The summed E-state index contributed by atoms with van der Waals surface area (Å²) >= 11 is 3.48. The number of carbonyl (C=O) groups excluding carboxylic acids is 1. The van der Waals surface area contributed by atoms with Gasteiger partial charge in [0.15, 0.2) is 11.6 Å². The van der Waals surface area contributed by atoms with Crippen LogP contribution < -0.4 is 9.64 Å². The van der Waals surface area contributed by atoms with Crippen LogP contribution in [0.2, 0.25) is 0 Å². The number of nitrogens with zero attached hydrogens (tertiary/aromatic N) is 4. The molecule has 10 heteroatoms. The molecule has 6 rings (SSSR count). The Morgan fingerprint density at radius 2 is 1.78 bits per heavy atom. The van der Waals surface area contributed by atoms with Crippen LogP contribution in [-0.4, -0.2) is 78.1 Å². The summed E-state index contributed by atoms with van der Waals surface area (Å²) in [6, 6.07) is 5.76. The van der Waals surface area contributed by atoms with Crippen LogP contribution in [0.3, 0.4) is 0 Å². The van der Waals surface area contributed by atoms with E-state index in [9.17, 15) is 4.79 Å². The number of ether oxygens (including phenoxy) is 3. The first-order chi connectivity index (χ1) is 19.8. The number of likely N-dealkylation sites (tertiary alicyclic amines) is 1. The number of esters is 1. The van der Waals surface area contributed by atoms with E-state index in [1.807, 2.05) is 32.0 Å². The van der Waals surface area contributed by atoms with Crippen LogP contribution in [0.5, 0.6) is 5.88 Å². The number of pyridine rings is 1. The Kier molecular flexibility index (Phi) is 8.61. The average molecular weight is 632 g/mol. The zero-order valence-electron chi connectivity index (χ0n) is 24.5. The number of carbonyl (C=O) groups is 1. The van der Waals surface area contributed by atoms with Crippen molar-refractivity contribution in [2.45, 2.75) is 95.0 Å². The molecule has 2 aromatic heterocycles. The lowest BCUT2D eigenvalue weighted by Crippen LogP contribution is -2.52. The quantitative estimate of drug-likeness (QED) is 0.312. The summed E-state index contributed by atoms with van der Waals surface area (Å²) in [5.41, 5.74) is 0.381. The first-order valence-corrected chi connectivity index (χ1v) is 16.1. The number of piperidine rings is 2. The number of hydrogen-bond acceptors (Lipinski definition) is 9. The molecular weight excluding hydrogens is 588 g/mol. The fraction of sp³-hybridized carbons (Fsp3) is 0.710. The van der Waals surface area contributed by atoms with Gasteiger partial charge in [0.25, 0.3) is 0 Å². The molecule has 0 radical (unpaired) electrons. The molecule has 2 saturated carbocycles. The van der Waals surface area contributed by atoms with Crippen molar-refractivity contribution in [3.63, 3.8) is 0 Å². The third-order valence-corrected chi connectivity index (χ3v) is 10.3. The van der Waals surface area contributed by atoms with Gasteiger partial charge in [0.1, 0.15) is 12.0 Å². The molecule has 4 heterocycles. The molecule has 0 aromatic carbocycles. The van der Waals surface area contributed by atoms with E-state index in [1.54, 1.807) is 6.20 Å². The van der Waals surface area contributed by atoms with Crippen molar-refractivity contribution in [2.75, 3.05) is 38.2 Å². The maximum atomic E-state index is 12.3. The molecule has 224 valence electrons. The zero-order valence-corrected chi connectivity index (χ0v) is 26.1. The lowest BCUT2D eigenvalue weighted by Gasteiger charge is -2.45. The Morgan fingerprint density at radius 1 is 1.05 bits per heavy atom. The van der Waals surface area contributed by atoms with Crippen LogP contribution in [-0.2, 0) is 14.3 Å². The second-order valence-corrected chi connectivity index (χ2v) is 13.6. The summed E-state index contributed by atoms with van der Waals surface area (Å²) in [5, 5.41) is 4.33. The van der Waals surface area contributed by atoms with E-state index >= 15 is 0 Å². The Balaban J connectivity index is 0.940. The van der Waals surface area contributed by atoms with Gasteiger partial charge in [-0.2, -0.15) is 0 Å². The van der Waals surface area contributed by atoms with Gasteiger partial charge in [-0.1, -0.05) is 34.9 Å². The first-order valence-electron chi connectivity index (χ1n) is 15.3. The van der Waals surface area contributed by atoms with Crippen molar-refractivity contribution in [1.82, 2.24) is 15.0 Å². The predicted octanol–water partition coefficient (Wildman–Crippen LogP) is 5.58. The fourth-order valence-corrected chi connectivity index (χ4v) is 7.54. The van der Waals surface area contributed by atoms with E-state index in [2.05, 4.69) is 35.9 Å². The van der Waals surface area contributed by atoms with Gasteiger partial charge in [-0.15, -0.1) is 0 Å². The molecule has 2 aliphatic heterocycles. The smallest absolute Gasteiger partial charge is 0.316 e. The Morgan fingerprint density at radius 3 is 2.41 bits per heavy atom. The van der Waals surface area contributed by atoms with E-state index in [1.165, 1.54) is 32.8 Å². The molecule has 0 amide bonds. The van der Waals surface area contributed by atoms with Crippen molar-refractivity contribution >= 4 is 27.7 Å². The van der Waals surface area contributed by atoms with Crippen LogP contribution in [0, 0.1) is 11.8 Å². The maximum Gasteiger partial charge on any atom is 0.316 e. The monoisotopic (exact) mass is 630 g/mol. The number of halogens is 1. The minimum absolute atomic E-state index is 0.0814. The van der Waals surface area contributed by atoms with Gasteiger partial charge in [0.05, 0.1) is 19.3 Å². The highest BCUT2D eigenvalue weighted by Crippen LogP contribution is 2.52. The number of anilines is 1. The van der Waals surface area contributed by atoms with Gasteiger partial charge >= 0.3 is 5.97 Å². The molecule has 4 fully saturated rings. The summed E-state index contributed by atoms with van der Waals surface area (Å²) in [4.78, 5) is 21.7. The highest BCUT2D eigenvalue weighted by Gasteiger charge is 2.54. The third-order valence-electron chi connectivity index (χ3n) is 9.78. The lowest BCUT2D eigenvalue weighted by atomic mass is 9.85. The van der Waals surface area contributed by atoms with Gasteiger partial charge in [-0.25, -0.2) is 4.98 Å². The standard InChI is InChI=1S/C31H43BrN4O5/c1-20(2)29(30(37)38-3)26-19-27(34-41-26)35-12-5-21(6-13-35)31(9-10-31)36-14-7-23(8-15-36)39-24-17-25(18-24)40-28-16-22(32)4-11-33-28/h4,11,16,19-21,23-25,29H,5-10,12-15,17-18H2,1-3H3. The Bertz CT molecular complexity index is 1180. The minimum Gasteiger partial charge on any atom is -0.474 e. The highest BCUT2D eigenvalue weighted by molar-refractivity contribution is 9.10. The van der Waals surface area contributed by atoms with Gasteiger partial charge in [0, 0.05) is 67.4 Å². The van der Waals surface area contributed by atoms with E-state index in [0.29, 0.717) is 29.4 Å². The van der Waals surface area contributed by atoms with E-state index in [0.717, 1.165) is 68.1 Å². The zero-order chi connectivity index (χ0) is 28.6. The van der Waals surface area contributed by atoms with Crippen molar-refractivity contribution in [1.29, 1.82) is 0 Å². The van der Waals surface area contributed by atoms with Gasteiger partial charge in [0.2, 0.25) is 5.88 Å². The summed E-state index contributed by atoms with van der Waals surface area (Å²) in [7, 11) is 1.42. The predicted molar refractivity (Wildman–Crippen MR) is 158 cm³/mol. The van der Waals surface area contributed by atoms with Crippen molar-refractivity contribution in [3.8, 4) is 5.88 Å². The van der Waals surface area contributed by atoms with E-state index < -0.39 is 5.92 Å². The molecular formula is C31H43BrN4O5. The summed E-state index contributed by atoms with van der Waals surface area (Å²) < 4.78 is 24.1. The number of methoxy groups -OCH3 is 1.